The van der Waals surface area contributed by atoms with Gasteiger partial charge in [0, 0.05) is 19.3 Å². The fourth-order valence-electron chi connectivity index (χ4n) is 1.63. The number of nitrogens with one attached hydrogen (secondary N) is 1. The monoisotopic (exact) mass is 348 g/mol. The number of hydrogen-bond acceptors (Lipinski definition) is 5. The van der Waals surface area contributed by atoms with E-state index >= 15 is 0 Å². The van der Waals surface area contributed by atoms with E-state index in [1.54, 1.807) is 6.20 Å². The van der Waals surface area contributed by atoms with Gasteiger partial charge in [-0.05, 0) is 35.8 Å². The molecular formula is C12H18BrFN4O2. The molecule has 0 aromatic carbocycles. The van der Waals surface area contributed by atoms with Crippen molar-refractivity contribution in [3.63, 3.8) is 0 Å². The number of aromatic nitrogens is 2. The van der Waals surface area contributed by atoms with Crippen LogP contribution < -0.4 is 5.32 Å². The molecule has 112 valence electrons. The first-order chi connectivity index (χ1) is 9.54. The molecule has 6 nitrogen and oxygen atoms in total. The van der Waals surface area contributed by atoms with E-state index in [-0.39, 0.29) is 6.67 Å². The number of hydrogen-bond donors (Lipinski definition) is 2. The van der Waals surface area contributed by atoms with Crippen LogP contribution in [0.25, 0.3) is 0 Å². The summed E-state index contributed by atoms with van der Waals surface area (Å²) in [5.41, 5.74) is 0. The predicted molar refractivity (Wildman–Crippen MR) is 77.5 cm³/mol. The molecule has 0 saturated heterocycles. The molecule has 0 radical (unpaired) electrons. The zero-order valence-electron chi connectivity index (χ0n) is 11.2. The van der Waals surface area contributed by atoms with Gasteiger partial charge in [-0.3, -0.25) is 4.39 Å². The molecule has 0 aliphatic rings. The van der Waals surface area contributed by atoms with Crippen LogP contribution in [0.1, 0.15) is 12.8 Å². The number of anilines is 1. The van der Waals surface area contributed by atoms with E-state index < -0.39 is 12.0 Å². The number of carboxylic acids is 1. The lowest BCUT2D eigenvalue weighted by Crippen LogP contribution is -2.34. The van der Waals surface area contributed by atoms with Gasteiger partial charge in [0.1, 0.15) is 18.2 Å². The van der Waals surface area contributed by atoms with Crippen molar-refractivity contribution in [3.05, 3.63) is 17.0 Å². The summed E-state index contributed by atoms with van der Waals surface area (Å²) in [4.78, 5) is 20.9. The Balaban J connectivity index is 2.53. The third kappa shape index (κ3) is 5.79. The van der Waals surface area contributed by atoms with Crippen LogP contribution >= 0.6 is 15.9 Å². The number of carbonyl (C=O) groups is 1. The molecule has 0 fully saturated rings. The largest absolute Gasteiger partial charge is 0.480 e. The average molecular weight is 349 g/mol. The van der Waals surface area contributed by atoms with E-state index in [4.69, 9.17) is 0 Å². The van der Waals surface area contributed by atoms with Crippen LogP contribution in [-0.2, 0) is 4.79 Å². The van der Waals surface area contributed by atoms with Crippen molar-refractivity contribution >= 4 is 27.7 Å². The number of nitrogens with zero attached hydrogens (tertiary/aromatic N) is 3. The van der Waals surface area contributed by atoms with Crippen molar-refractivity contribution in [1.29, 1.82) is 0 Å². The Labute approximate surface area is 125 Å². The summed E-state index contributed by atoms with van der Waals surface area (Å²) < 4.78 is 12.7. The Morgan fingerprint density at radius 3 is 2.95 bits per heavy atom. The lowest BCUT2D eigenvalue weighted by molar-refractivity contribution is -0.138. The topological polar surface area (TPSA) is 78.3 Å². The Hall–Kier alpha value is -1.28. The number of rotatable bonds is 9. The van der Waals surface area contributed by atoms with E-state index in [9.17, 15) is 14.3 Å². The van der Waals surface area contributed by atoms with Gasteiger partial charge in [-0.2, -0.15) is 0 Å². The minimum absolute atomic E-state index is 0.362. The third-order valence-corrected chi connectivity index (χ3v) is 3.33. The van der Waals surface area contributed by atoms with Gasteiger partial charge in [0.2, 0.25) is 0 Å². The first kappa shape index (κ1) is 16.8. The van der Waals surface area contributed by atoms with Gasteiger partial charge in [0.05, 0.1) is 11.1 Å². The molecular weight excluding hydrogens is 331 g/mol. The van der Waals surface area contributed by atoms with Crippen LogP contribution in [0.15, 0.2) is 17.0 Å². The highest BCUT2D eigenvalue weighted by atomic mass is 79.9. The SMILES string of the molecule is CN(CCCF)CC[C@H](Nc1ncncc1Br)C(=O)O. The molecule has 1 atom stereocenters. The fraction of sp³-hybridized carbons (Fsp3) is 0.583. The summed E-state index contributed by atoms with van der Waals surface area (Å²) in [6, 6.07) is -0.756. The van der Waals surface area contributed by atoms with Crippen LogP contribution in [0.2, 0.25) is 0 Å². The molecule has 0 saturated carbocycles. The van der Waals surface area contributed by atoms with Gasteiger partial charge in [0.25, 0.3) is 0 Å². The quantitative estimate of drug-likeness (QED) is 0.708. The third-order valence-electron chi connectivity index (χ3n) is 2.75. The molecule has 8 heteroatoms. The summed E-state index contributed by atoms with van der Waals surface area (Å²) in [7, 11) is 1.84. The highest BCUT2D eigenvalue weighted by Crippen LogP contribution is 2.18. The van der Waals surface area contributed by atoms with E-state index in [1.165, 1.54) is 6.33 Å². The van der Waals surface area contributed by atoms with E-state index in [0.29, 0.717) is 36.2 Å². The number of alkyl halides is 1. The Bertz CT molecular complexity index is 436. The zero-order chi connectivity index (χ0) is 15.0. The Morgan fingerprint density at radius 1 is 1.60 bits per heavy atom. The standard InChI is InChI=1S/C12H18BrFN4O2/c1-18(5-2-4-14)6-3-10(12(19)20)17-11-9(13)7-15-8-16-11/h7-8,10H,2-6H2,1H3,(H,19,20)(H,15,16,17)/t10-/m0/s1. The first-order valence-corrected chi connectivity index (χ1v) is 7.03. The Morgan fingerprint density at radius 2 is 2.35 bits per heavy atom. The van der Waals surface area contributed by atoms with Gasteiger partial charge in [-0.1, -0.05) is 0 Å². The molecule has 0 aliphatic carbocycles. The van der Waals surface area contributed by atoms with Gasteiger partial charge >= 0.3 is 5.97 Å². The maximum absolute atomic E-state index is 12.1. The maximum Gasteiger partial charge on any atom is 0.326 e. The van der Waals surface area contributed by atoms with E-state index in [0.717, 1.165) is 0 Å². The summed E-state index contributed by atoms with van der Waals surface area (Å²) in [5, 5.41) is 12.1. The summed E-state index contributed by atoms with van der Waals surface area (Å²) >= 11 is 3.26. The molecule has 0 aliphatic heterocycles. The lowest BCUT2D eigenvalue weighted by atomic mass is 10.2. The molecule has 0 bridgehead atoms. The van der Waals surface area contributed by atoms with Crippen LogP contribution in [0.5, 0.6) is 0 Å². The minimum Gasteiger partial charge on any atom is -0.480 e. The van der Waals surface area contributed by atoms with Crippen LogP contribution in [0, 0.1) is 0 Å². The predicted octanol–water partition coefficient (Wildman–Crippen LogP) is 1.79. The molecule has 1 heterocycles. The molecule has 1 aromatic rings. The average Bonchev–Trinajstić information content (AvgIpc) is 2.42. The number of aliphatic carboxylic acids is 1. The second-order valence-corrected chi connectivity index (χ2v) is 5.24. The first-order valence-electron chi connectivity index (χ1n) is 6.24. The van der Waals surface area contributed by atoms with Crippen molar-refractivity contribution in [2.45, 2.75) is 18.9 Å². The molecule has 20 heavy (non-hydrogen) atoms. The van der Waals surface area contributed by atoms with Crippen molar-refractivity contribution < 1.29 is 14.3 Å². The highest BCUT2D eigenvalue weighted by Gasteiger charge is 2.19. The molecule has 1 rings (SSSR count). The number of carboxylic acid groups (broad SMARTS) is 1. The lowest BCUT2D eigenvalue weighted by Gasteiger charge is -2.20. The molecule has 0 amide bonds. The fourth-order valence-corrected chi connectivity index (χ4v) is 1.97. The summed E-state index contributed by atoms with van der Waals surface area (Å²) in [6.45, 7) is 0.811. The van der Waals surface area contributed by atoms with Crippen molar-refractivity contribution in [2.24, 2.45) is 0 Å². The van der Waals surface area contributed by atoms with Gasteiger partial charge in [-0.15, -0.1) is 0 Å². The molecule has 2 N–H and O–H groups in total. The van der Waals surface area contributed by atoms with Gasteiger partial charge < -0.3 is 15.3 Å². The minimum atomic E-state index is -0.950. The van der Waals surface area contributed by atoms with Gasteiger partial charge in [-0.25, -0.2) is 14.8 Å². The van der Waals surface area contributed by atoms with Crippen molar-refractivity contribution in [2.75, 3.05) is 32.1 Å². The maximum atomic E-state index is 12.1. The van der Waals surface area contributed by atoms with E-state index in [1.807, 2.05) is 11.9 Å². The van der Waals surface area contributed by atoms with Crippen LogP contribution in [0.3, 0.4) is 0 Å². The second kappa shape index (κ2) is 8.80. The second-order valence-electron chi connectivity index (χ2n) is 4.39. The smallest absolute Gasteiger partial charge is 0.326 e. The van der Waals surface area contributed by atoms with Crippen LogP contribution in [-0.4, -0.2) is 58.8 Å². The molecule has 1 aromatic heterocycles. The Kier molecular flexibility index (Phi) is 7.38. The zero-order valence-corrected chi connectivity index (χ0v) is 12.8. The normalized spacial score (nSPS) is 12.4. The number of halogens is 2. The van der Waals surface area contributed by atoms with Crippen molar-refractivity contribution in [3.8, 4) is 0 Å². The van der Waals surface area contributed by atoms with Crippen LogP contribution in [0.4, 0.5) is 10.2 Å². The summed E-state index contributed by atoms with van der Waals surface area (Å²) in [6.07, 6.45) is 3.74. The summed E-state index contributed by atoms with van der Waals surface area (Å²) in [5.74, 6) is -0.506. The molecule has 0 spiro atoms. The molecule has 0 unspecified atom stereocenters. The van der Waals surface area contributed by atoms with Crippen molar-refractivity contribution in [1.82, 2.24) is 14.9 Å². The van der Waals surface area contributed by atoms with E-state index in [2.05, 4.69) is 31.2 Å². The van der Waals surface area contributed by atoms with Gasteiger partial charge in [0.15, 0.2) is 0 Å². The highest BCUT2D eigenvalue weighted by molar-refractivity contribution is 9.10.